The van der Waals surface area contributed by atoms with Gasteiger partial charge in [0.05, 0.1) is 11.4 Å². The zero-order chi connectivity index (χ0) is 29.1. The molecule has 0 aliphatic rings. The van der Waals surface area contributed by atoms with Crippen molar-refractivity contribution in [3.63, 3.8) is 0 Å². The van der Waals surface area contributed by atoms with Crippen LogP contribution in [0, 0.1) is 5.82 Å². The van der Waals surface area contributed by atoms with Gasteiger partial charge in [0.1, 0.15) is 17.2 Å². The molecule has 9 nitrogen and oxygen atoms in total. The number of hydrogen-bond donors (Lipinski definition) is 2. The maximum absolute atomic E-state index is 14.3. The number of H-pyrrole nitrogens is 1. The van der Waals surface area contributed by atoms with Crippen LogP contribution in [-0.2, 0) is 29.5 Å². The molecule has 0 aliphatic heterocycles. The molecule has 2 heterocycles. The Hall–Kier alpha value is -4.03. The van der Waals surface area contributed by atoms with Crippen LogP contribution in [0.25, 0.3) is 11.2 Å². The molecule has 212 valence electrons. The van der Waals surface area contributed by atoms with Crippen LogP contribution in [0.5, 0.6) is 0 Å². The van der Waals surface area contributed by atoms with E-state index in [2.05, 4.69) is 30.6 Å². The van der Waals surface area contributed by atoms with Gasteiger partial charge < -0.3 is 4.98 Å². The minimum Gasteiger partial charge on any atom is -0.336 e. The van der Waals surface area contributed by atoms with E-state index in [9.17, 15) is 22.4 Å². The Labute approximate surface area is 243 Å². The molecule has 2 aromatic heterocycles. The fourth-order valence-electron chi connectivity index (χ4n) is 4.46. The maximum atomic E-state index is 14.3. The van der Waals surface area contributed by atoms with Crippen LogP contribution < -0.4 is 16.0 Å². The monoisotopic (exact) mass is 639 g/mol. The summed E-state index contributed by atoms with van der Waals surface area (Å²) in [7, 11) is -3.75. The summed E-state index contributed by atoms with van der Waals surface area (Å²) in [6.45, 7) is 2.16. The summed E-state index contributed by atoms with van der Waals surface area (Å²) >= 11 is 3.29. The van der Waals surface area contributed by atoms with Gasteiger partial charge in [-0.05, 0) is 54.4 Å². The van der Waals surface area contributed by atoms with Gasteiger partial charge in [0, 0.05) is 28.7 Å². The molecule has 0 amide bonds. The second kappa shape index (κ2) is 11.8. The molecule has 0 bridgehead atoms. The van der Waals surface area contributed by atoms with E-state index in [1.807, 2.05) is 6.92 Å². The number of anilines is 1. The first kappa shape index (κ1) is 28.5. The van der Waals surface area contributed by atoms with Crippen molar-refractivity contribution in [1.82, 2.24) is 19.1 Å². The highest BCUT2D eigenvalue weighted by atomic mass is 79.9. The molecule has 3 aromatic carbocycles. The molecule has 0 atom stereocenters. The third-order valence-corrected chi connectivity index (χ3v) is 8.56. The number of unbranched alkanes of at least 4 members (excludes halogenated alkanes) is 1. The summed E-state index contributed by atoms with van der Waals surface area (Å²) < 4.78 is 45.6. The first-order chi connectivity index (χ1) is 19.7. The maximum Gasteiger partial charge on any atom is 0.333 e. The summed E-state index contributed by atoms with van der Waals surface area (Å²) in [6.07, 6.45) is 1.84. The van der Waals surface area contributed by atoms with E-state index >= 15 is 0 Å². The smallest absolute Gasteiger partial charge is 0.333 e. The van der Waals surface area contributed by atoms with Crippen LogP contribution in [-0.4, -0.2) is 27.5 Å². The summed E-state index contributed by atoms with van der Waals surface area (Å²) in [5, 5.41) is 0. The molecule has 0 fully saturated rings. The molecule has 0 radical (unpaired) electrons. The highest BCUT2D eigenvalue weighted by molar-refractivity contribution is 9.10. The van der Waals surface area contributed by atoms with E-state index < -0.39 is 27.1 Å². The molecule has 5 aromatic rings. The minimum absolute atomic E-state index is 0.141. The number of fused-ring (bicyclic) bond motifs is 1. The second-order valence-electron chi connectivity index (χ2n) is 9.59. The Morgan fingerprint density at radius 3 is 2.37 bits per heavy atom. The zero-order valence-electron chi connectivity index (χ0n) is 22.1. The third kappa shape index (κ3) is 6.18. The van der Waals surface area contributed by atoms with E-state index in [0.717, 1.165) is 21.0 Å². The van der Waals surface area contributed by atoms with Crippen LogP contribution in [0.3, 0.4) is 0 Å². The Morgan fingerprint density at radius 1 is 0.976 bits per heavy atom. The van der Waals surface area contributed by atoms with Gasteiger partial charge in [-0.25, -0.2) is 22.6 Å². The molecule has 0 aliphatic carbocycles. The second-order valence-corrected chi connectivity index (χ2v) is 12.2. The number of nitrogens with zero attached hydrogens (tertiary/aromatic N) is 3. The molecular weight excluding hydrogens is 613 g/mol. The van der Waals surface area contributed by atoms with Crippen molar-refractivity contribution >= 4 is 42.8 Å². The fraction of sp³-hybridized carbons (Fsp3) is 0.207. The van der Waals surface area contributed by atoms with Crippen LogP contribution in [0.1, 0.15) is 36.7 Å². The third-order valence-electron chi connectivity index (χ3n) is 6.63. The van der Waals surface area contributed by atoms with E-state index in [-0.39, 0.29) is 28.2 Å². The summed E-state index contributed by atoms with van der Waals surface area (Å²) in [5.41, 5.74) is 0.759. The molecule has 12 heteroatoms. The van der Waals surface area contributed by atoms with Crippen molar-refractivity contribution in [3.05, 3.63) is 121 Å². The van der Waals surface area contributed by atoms with E-state index in [1.54, 1.807) is 54.6 Å². The Balaban J connectivity index is 1.43. The summed E-state index contributed by atoms with van der Waals surface area (Å²) in [4.78, 5) is 34.5. The summed E-state index contributed by atoms with van der Waals surface area (Å²) in [6, 6.07) is 19.2. The quantitative estimate of drug-likeness (QED) is 0.222. The zero-order valence-corrected chi connectivity index (χ0v) is 24.5. The van der Waals surface area contributed by atoms with Gasteiger partial charge >= 0.3 is 5.69 Å². The topological polar surface area (TPSA) is 119 Å². The van der Waals surface area contributed by atoms with Gasteiger partial charge in [-0.1, -0.05) is 59.6 Å². The normalized spacial score (nSPS) is 11.7. The molecular formula is C29H27BrFN5O4S. The Kier molecular flexibility index (Phi) is 8.22. The van der Waals surface area contributed by atoms with Crippen LogP contribution >= 0.6 is 15.9 Å². The number of aromatic amines is 1. The highest BCUT2D eigenvalue weighted by Gasteiger charge is 2.19. The van der Waals surface area contributed by atoms with Crippen LogP contribution in [0.2, 0.25) is 0 Å². The number of hydrogen-bond acceptors (Lipinski definition) is 5. The fourth-order valence-corrected chi connectivity index (χ4v) is 5.79. The van der Waals surface area contributed by atoms with Crippen molar-refractivity contribution in [2.45, 2.75) is 44.2 Å². The first-order valence-corrected chi connectivity index (χ1v) is 15.3. The SMILES string of the molecule is CCCCn1c(=O)n(Cc2ccccc2F)c(=O)c2[nH]c(Cc3ccc(NS(=O)(=O)c4ccc(Br)cc4)cc3)nc21. The van der Waals surface area contributed by atoms with Gasteiger partial charge in [0.25, 0.3) is 15.6 Å². The number of nitrogens with one attached hydrogen (secondary N) is 2. The number of sulfonamides is 1. The van der Waals surface area contributed by atoms with Crippen molar-refractivity contribution in [1.29, 1.82) is 0 Å². The number of aryl methyl sites for hydroxylation is 1. The first-order valence-electron chi connectivity index (χ1n) is 13.0. The lowest BCUT2D eigenvalue weighted by Crippen LogP contribution is -2.40. The number of benzene rings is 3. The number of halogens is 2. The van der Waals surface area contributed by atoms with E-state index in [4.69, 9.17) is 0 Å². The Bertz CT molecular complexity index is 1930. The van der Waals surface area contributed by atoms with Gasteiger partial charge in [-0.2, -0.15) is 0 Å². The number of imidazole rings is 1. The molecule has 0 saturated carbocycles. The van der Waals surface area contributed by atoms with E-state index in [1.165, 1.54) is 22.8 Å². The van der Waals surface area contributed by atoms with Gasteiger partial charge in [-0.15, -0.1) is 0 Å². The molecule has 0 spiro atoms. The van der Waals surface area contributed by atoms with Crippen molar-refractivity contribution in [2.75, 3.05) is 4.72 Å². The molecule has 5 rings (SSSR count). The average Bonchev–Trinajstić information content (AvgIpc) is 3.37. The van der Waals surface area contributed by atoms with Gasteiger partial charge in [0.15, 0.2) is 5.65 Å². The van der Waals surface area contributed by atoms with Crippen LogP contribution in [0.15, 0.2) is 91.8 Å². The molecule has 0 unspecified atom stereocenters. The lowest BCUT2D eigenvalue weighted by Gasteiger charge is -2.11. The predicted molar refractivity (Wildman–Crippen MR) is 159 cm³/mol. The average molecular weight is 641 g/mol. The number of rotatable bonds is 10. The van der Waals surface area contributed by atoms with Crippen molar-refractivity contribution in [2.24, 2.45) is 0 Å². The standard InChI is InChI=1S/C29H27BrFN5O4S/c1-2-3-16-35-27-26(28(37)36(29(35)38)18-20-6-4-5-7-24(20)31)32-25(33-27)17-19-8-12-22(13-9-19)34-41(39,40)23-14-10-21(30)11-15-23/h4-15,34H,2-3,16-18H2,1H3,(H,32,33). The summed E-state index contributed by atoms with van der Waals surface area (Å²) in [5.74, 6) is -0.0273. The van der Waals surface area contributed by atoms with Crippen molar-refractivity contribution in [3.8, 4) is 0 Å². The van der Waals surface area contributed by atoms with Crippen molar-refractivity contribution < 1.29 is 12.8 Å². The largest absolute Gasteiger partial charge is 0.336 e. The molecule has 41 heavy (non-hydrogen) atoms. The van der Waals surface area contributed by atoms with Crippen LogP contribution in [0.4, 0.5) is 10.1 Å². The lowest BCUT2D eigenvalue weighted by atomic mass is 10.1. The molecule has 0 saturated heterocycles. The minimum atomic E-state index is -3.75. The predicted octanol–water partition coefficient (Wildman–Crippen LogP) is 5.03. The van der Waals surface area contributed by atoms with E-state index in [0.29, 0.717) is 30.9 Å². The number of aromatic nitrogens is 4. The highest BCUT2D eigenvalue weighted by Crippen LogP contribution is 2.20. The lowest BCUT2D eigenvalue weighted by molar-refractivity contribution is 0.553. The van der Waals surface area contributed by atoms with Gasteiger partial charge in [0.2, 0.25) is 0 Å². The molecule has 2 N–H and O–H groups in total. The Morgan fingerprint density at radius 2 is 1.68 bits per heavy atom. The van der Waals surface area contributed by atoms with Gasteiger partial charge in [-0.3, -0.25) is 18.7 Å².